The Bertz CT molecular complexity index is 781. The average Bonchev–Trinajstić information content (AvgIpc) is 2.71. The molecular weight excluding hydrogens is 482 g/mol. The molecule has 158 valence electrons. The van der Waals surface area contributed by atoms with Gasteiger partial charge in [0.25, 0.3) is 5.91 Å². The van der Waals surface area contributed by atoms with Crippen molar-refractivity contribution < 1.29 is 9.18 Å². The van der Waals surface area contributed by atoms with Gasteiger partial charge in [-0.1, -0.05) is 37.6 Å². The van der Waals surface area contributed by atoms with Crippen molar-refractivity contribution in [3.63, 3.8) is 0 Å². The Labute approximate surface area is 189 Å². The number of amides is 1. The zero-order chi connectivity index (χ0) is 20.2. The van der Waals surface area contributed by atoms with Crippen molar-refractivity contribution in [3.05, 3.63) is 71.0 Å². The number of carbonyl (C=O) groups excluding carboxylic acids is 1. The Balaban J connectivity index is 0.00000420. The maximum Gasteiger partial charge on any atom is 0.251 e. The van der Waals surface area contributed by atoms with Crippen LogP contribution in [0.2, 0.25) is 0 Å². The Hall–Kier alpha value is -2.16. The quantitative estimate of drug-likeness (QED) is 0.207. The Morgan fingerprint density at radius 1 is 1.00 bits per heavy atom. The molecule has 29 heavy (non-hydrogen) atoms. The summed E-state index contributed by atoms with van der Waals surface area (Å²) in [6, 6.07) is 14.1. The van der Waals surface area contributed by atoms with Crippen molar-refractivity contribution in [2.75, 3.05) is 20.1 Å². The van der Waals surface area contributed by atoms with E-state index in [1.165, 1.54) is 12.1 Å². The largest absolute Gasteiger partial charge is 0.356 e. The van der Waals surface area contributed by atoms with Crippen LogP contribution in [-0.2, 0) is 13.0 Å². The summed E-state index contributed by atoms with van der Waals surface area (Å²) in [5.41, 5.74) is 2.66. The molecule has 0 unspecified atom stereocenters. The minimum absolute atomic E-state index is 0. The normalized spacial score (nSPS) is 10.8. The van der Waals surface area contributed by atoms with E-state index in [4.69, 9.17) is 0 Å². The lowest BCUT2D eigenvalue weighted by Crippen LogP contribution is -2.37. The Morgan fingerprint density at radius 2 is 1.76 bits per heavy atom. The van der Waals surface area contributed by atoms with E-state index in [0.29, 0.717) is 37.6 Å². The minimum atomic E-state index is -0.220. The number of halogens is 2. The number of aliphatic imine (C=N–C) groups is 1. The highest BCUT2D eigenvalue weighted by molar-refractivity contribution is 14.0. The number of rotatable bonds is 9. The maximum atomic E-state index is 13.2. The van der Waals surface area contributed by atoms with Crippen LogP contribution in [0, 0.1) is 5.82 Å². The lowest BCUT2D eigenvalue weighted by atomic mass is 10.1. The zero-order valence-corrected chi connectivity index (χ0v) is 19.3. The van der Waals surface area contributed by atoms with E-state index < -0.39 is 0 Å². The van der Waals surface area contributed by atoms with E-state index in [0.717, 1.165) is 24.0 Å². The number of hydrogen-bond donors (Lipinski definition) is 3. The van der Waals surface area contributed by atoms with Crippen LogP contribution in [0.5, 0.6) is 0 Å². The molecule has 0 saturated carbocycles. The van der Waals surface area contributed by atoms with Gasteiger partial charge in [0.2, 0.25) is 0 Å². The highest BCUT2D eigenvalue weighted by Gasteiger charge is 2.05. The predicted octanol–water partition coefficient (Wildman–Crippen LogP) is 3.88. The van der Waals surface area contributed by atoms with E-state index in [1.807, 2.05) is 30.3 Å². The molecule has 0 heterocycles. The molecule has 2 rings (SSSR count). The smallest absolute Gasteiger partial charge is 0.251 e. The van der Waals surface area contributed by atoms with E-state index >= 15 is 0 Å². The van der Waals surface area contributed by atoms with Gasteiger partial charge in [-0.2, -0.15) is 0 Å². The van der Waals surface area contributed by atoms with Crippen molar-refractivity contribution in [2.24, 2.45) is 4.99 Å². The summed E-state index contributed by atoms with van der Waals surface area (Å²) in [7, 11) is 1.71. The van der Waals surface area contributed by atoms with Gasteiger partial charge in [0.05, 0.1) is 0 Å². The topological polar surface area (TPSA) is 65.5 Å². The van der Waals surface area contributed by atoms with E-state index in [-0.39, 0.29) is 35.7 Å². The Morgan fingerprint density at radius 3 is 2.41 bits per heavy atom. The van der Waals surface area contributed by atoms with Gasteiger partial charge in [0.1, 0.15) is 5.82 Å². The second-order valence-corrected chi connectivity index (χ2v) is 6.54. The van der Waals surface area contributed by atoms with Gasteiger partial charge in [-0.15, -0.1) is 24.0 Å². The molecule has 1 amide bonds. The number of carbonyl (C=O) groups is 1. The monoisotopic (exact) mass is 512 g/mol. The number of unbranched alkanes of at least 4 members (excludes halogenated alkanes) is 1. The summed E-state index contributed by atoms with van der Waals surface area (Å²) >= 11 is 0. The number of benzene rings is 2. The number of nitrogens with one attached hydrogen (secondary N) is 3. The molecule has 0 fully saturated rings. The second kappa shape index (κ2) is 13.9. The van der Waals surface area contributed by atoms with Crippen LogP contribution < -0.4 is 16.0 Å². The molecule has 2 aromatic rings. The van der Waals surface area contributed by atoms with Crippen LogP contribution in [-0.4, -0.2) is 32.0 Å². The molecule has 0 saturated heterocycles. The first-order valence-electron chi connectivity index (χ1n) is 9.68. The molecule has 0 spiro atoms. The van der Waals surface area contributed by atoms with Crippen molar-refractivity contribution in [3.8, 4) is 0 Å². The van der Waals surface area contributed by atoms with Crippen LogP contribution in [0.25, 0.3) is 0 Å². The molecular formula is C22H30FIN4O. The van der Waals surface area contributed by atoms with Crippen molar-refractivity contribution in [1.82, 2.24) is 16.0 Å². The number of guanidine groups is 1. The van der Waals surface area contributed by atoms with Crippen molar-refractivity contribution in [1.29, 1.82) is 0 Å². The third-order valence-corrected chi connectivity index (χ3v) is 4.31. The fraction of sp³-hybridized carbons (Fsp3) is 0.364. The van der Waals surface area contributed by atoms with Crippen molar-refractivity contribution in [2.45, 2.75) is 32.7 Å². The number of hydrogen-bond acceptors (Lipinski definition) is 2. The molecule has 0 aliphatic heterocycles. The standard InChI is InChI=1S/C22H29FN4O.HI/c1-3-4-13-25-21(28)19-10-8-18(9-11-19)16-27-22(24-2)26-14-12-17-6-5-7-20(23)15-17;/h5-11,15H,3-4,12-14,16H2,1-2H3,(H,25,28)(H2,24,26,27);1H. The molecule has 5 nitrogen and oxygen atoms in total. The van der Waals surface area contributed by atoms with Gasteiger partial charge in [0, 0.05) is 32.2 Å². The lowest BCUT2D eigenvalue weighted by molar-refractivity contribution is 0.0953. The fourth-order valence-corrected chi connectivity index (χ4v) is 2.68. The second-order valence-electron chi connectivity index (χ2n) is 6.54. The SMILES string of the molecule is CCCCNC(=O)c1ccc(CNC(=NC)NCCc2cccc(F)c2)cc1.I. The fourth-order valence-electron chi connectivity index (χ4n) is 2.68. The Kier molecular flexibility index (Phi) is 11.9. The van der Waals surface area contributed by atoms with E-state index in [1.54, 1.807) is 13.1 Å². The van der Waals surface area contributed by atoms with E-state index in [9.17, 15) is 9.18 Å². The number of nitrogens with zero attached hydrogens (tertiary/aromatic N) is 1. The van der Waals surface area contributed by atoms with Crippen LogP contribution in [0.15, 0.2) is 53.5 Å². The summed E-state index contributed by atoms with van der Waals surface area (Å²) in [6.45, 7) is 4.05. The molecule has 0 aliphatic rings. The van der Waals surface area contributed by atoms with Gasteiger partial charge in [-0.3, -0.25) is 9.79 Å². The summed E-state index contributed by atoms with van der Waals surface area (Å²) in [4.78, 5) is 16.2. The van der Waals surface area contributed by atoms with Gasteiger partial charge >= 0.3 is 0 Å². The highest BCUT2D eigenvalue weighted by Crippen LogP contribution is 2.05. The van der Waals surface area contributed by atoms with Gasteiger partial charge in [-0.05, 0) is 48.2 Å². The molecule has 0 aliphatic carbocycles. The third-order valence-electron chi connectivity index (χ3n) is 4.31. The summed E-state index contributed by atoms with van der Waals surface area (Å²) in [5.74, 6) is 0.420. The molecule has 0 radical (unpaired) electrons. The maximum absolute atomic E-state index is 13.2. The minimum Gasteiger partial charge on any atom is -0.356 e. The molecule has 7 heteroatoms. The first kappa shape index (κ1) is 24.9. The first-order chi connectivity index (χ1) is 13.6. The molecule has 0 atom stereocenters. The van der Waals surface area contributed by atoms with Crippen LogP contribution in [0.3, 0.4) is 0 Å². The lowest BCUT2D eigenvalue weighted by Gasteiger charge is -2.12. The molecule has 2 aromatic carbocycles. The van der Waals surface area contributed by atoms with Crippen LogP contribution in [0.4, 0.5) is 4.39 Å². The van der Waals surface area contributed by atoms with Crippen LogP contribution >= 0.6 is 24.0 Å². The third kappa shape index (κ3) is 9.25. The highest BCUT2D eigenvalue weighted by atomic mass is 127. The van der Waals surface area contributed by atoms with E-state index in [2.05, 4.69) is 27.9 Å². The predicted molar refractivity (Wildman–Crippen MR) is 127 cm³/mol. The van der Waals surface area contributed by atoms with Gasteiger partial charge < -0.3 is 16.0 Å². The summed E-state index contributed by atoms with van der Waals surface area (Å²) in [6.07, 6.45) is 2.75. The van der Waals surface area contributed by atoms with Crippen LogP contribution in [0.1, 0.15) is 41.3 Å². The van der Waals surface area contributed by atoms with Gasteiger partial charge in [0.15, 0.2) is 5.96 Å². The van der Waals surface area contributed by atoms with Crippen molar-refractivity contribution >= 4 is 35.8 Å². The summed E-state index contributed by atoms with van der Waals surface area (Å²) in [5, 5.41) is 9.37. The first-order valence-corrected chi connectivity index (χ1v) is 9.68. The van der Waals surface area contributed by atoms with Gasteiger partial charge in [-0.25, -0.2) is 4.39 Å². The zero-order valence-electron chi connectivity index (χ0n) is 17.0. The summed E-state index contributed by atoms with van der Waals surface area (Å²) < 4.78 is 13.2. The molecule has 3 N–H and O–H groups in total. The molecule has 0 bridgehead atoms. The average molecular weight is 512 g/mol. The molecule has 0 aromatic heterocycles.